The van der Waals surface area contributed by atoms with Gasteiger partial charge in [-0.15, -0.1) is 0 Å². The van der Waals surface area contributed by atoms with E-state index in [0.29, 0.717) is 0 Å². The zero-order valence-electron chi connectivity index (χ0n) is 10.3. The molecule has 1 aliphatic rings. The maximum absolute atomic E-state index is 11.6. The Kier molecular flexibility index (Phi) is 5.30. The molecule has 94 valence electrons. The fraction of sp³-hybridized carbons (Fsp3) is 0.909. The van der Waals surface area contributed by atoms with E-state index in [-0.39, 0.29) is 12.1 Å². The number of amides is 1. The molecule has 1 atom stereocenters. The summed E-state index contributed by atoms with van der Waals surface area (Å²) in [6.45, 7) is 7.71. The van der Waals surface area contributed by atoms with Crippen LogP contribution in [0.25, 0.3) is 0 Å². The van der Waals surface area contributed by atoms with E-state index in [2.05, 4.69) is 32.8 Å². The Bertz CT molecular complexity index is 241. The molecule has 1 aliphatic heterocycles. The van der Waals surface area contributed by atoms with Gasteiger partial charge in [0.2, 0.25) is 0 Å². The Morgan fingerprint density at radius 1 is 1.56 bits per heavy atom. The molecule has 1 saturated heterocycles. The van der Waals surface area contributed by atoms with Gasteiger partial charge in [0.1, 0.15) is 5.60 Å². The predicted octanol–water partition coefficient (Wildman–Crippen LogP) is 2.37. The Labute approximate surface area is 111 Å². The number of alkyl carbamates (subject to hydrolysis) is 1. The van der Waals surface area contributed by atoms with Crippen LogP contribution in [0.5, 0.6) is 0 Å². The molecule has 0 aliphatic carbocycles. The standard InChI is InChI=1S/C11H21IN2O2/c1-11(2,3)16-10(15)13-9-5-4-6-14(7-9)8-12/h9H,4-8H2,1-3H3,(H,13,15)/t9-/m1/s1. The summed E-state index contributed by atoms with van der Waals surface area (Å²) in [5, 5.41) is 2.93. The van der Waals surface area contributed by atoms with Crippen LogP contribution in [0.4, 0.5) is 4.79 Å². The maximum Gasteiger partial charge on any atom is 0.407 e. The second kappa shape index (κ2) is 6.05. The van der Waals surface area contributed by atoms with Gasteiger partial charge in [-0.05, 0) is 40.2 Å². The molecule has 4 nitrogen and oxygen atoms in total. The van der Waals surface area contributed by atoms with Crippen LogP contribution in [-0.2, 0) is 4.74 Å². The van der Waals surface area contributed by atoms with E-state index in [4.69, 9.17) is 4.74 Å². The number of likely N-dealkylation sites (tertiary alicyclic amines) is 1. The first kappa shape index (κ1) is 14.0. The van der Waals surface area contributed by atoms with Crippen LogP contribution in [0.1, 0.15) is 33.6 Å². The Balaban J connectivity index is 2.33. The normalized spacial score (nSPS) is 22.9. The number of nitrogens with zero attached hydrogens (tertiary/aromatic N) is 1. The molecule has 1 fully saturated rings. The summed E-state index contributed by atoms with van der Waals surface area (Å²) >= 11 is 2.35. The number of ether oxygens (including phenoxy) is 1. The van der Waals surface area contributed by atoms with Crippen LogP contribution >= 0.6 is 22.6 Å². The third-order valence-electron chi connectivity index (χ3n) is 2.40. The molecular formula is C11H21IN2O2. The van der Waals surface area contributed by atoms with Crippen molar-refractivity contribution in [3.05, 3.63) is 0 Å². The largest absolute Gasteiger partial charge is 0.444 e. The lowest BCUT2D eigenvalue weighted by atomic mass is 10.1. The van der Waals surface area contributed by atoms with Crippen molar-refractivity contribution in [2.75, 3.05) is 17.6 Å². The topological polar surface area (TPSA) is 41.6 Å². The molecule has 1 heterocycles. The lowest BCUT2D eigenvalue weighted by Gasteiger charge is -2.32. The number of carbonyl (C=O) groups excluding carboxylic acids is 1. The first-order valence-corrected chi connectivity index (χ1v) is 7.21. The number of halogens is 1. The molecule has 0 saturated carbocycles. The van der Waals surface area contributed by atoms with Gasteiger partial charge >= 0.3 is 6.09 Å². The number of piperidine rings is 1. The molecule has 0 bridgehead atoms. The summed E-state index contributed by atoms with van der Waals surface area (Å²) in [6, 6.07) is 0.235. The SMILES string of the molecule is CC(C)(C)OC(=O)N[C@@H]1CCCN(CI)C1. The number of carbonyl (C=O) groups is 1. The molecule has 0 radical (unpaired) electrons. The van der Waals surface area contributed by atoms with Crippen molar-refractivity contribution in [1.82, 2.24) is 10.2 Å². The molecule has 0 aromatic heterocycles. The van der Waals surface area contributed by atoms with Gasteiger partial charge < -0.3 is 10.1 Å². The second-order valence-corrected chi connectivity index (χ2v) is 5.86. The summed E-state index contributed by atoms with van der Waals surface area (Å²) in [4.78, 5) is 13.9. The van der Waals surface area contributed by atoms with Gasteiger partial charge in [-0.2, -0.15) is 0 Å². The first-order valence-electron chi connectivity index (χ1n) is 5.68. The van der Waals surface area contributed by atoms with Gasteiger partial charge in [0.05, 0.1) is 4.55 Å². The van der Waals surface area contributed by atoms with Crippen molar-refractivity contribution in [3.63, 3.8) is 0 Å². The van der Waals surface area contributed by atoms with Gasteiger partial charge in [0, 0.05) is 12.6 Å². The van der Waals surface area contributed by atoms with Gasteiger partial charge in [0.15, 0.2) is 0 Å². The Hall–Kier alpha value is -0.0400. The van der Waals surface area contributed by atoms with Crippen molar-refractivity contribution >= 4 is 28.7 Å². The number of hydrogen-bond acceptors (Lipinski definition) is 3. The van der Waals surface area contributed by atoms with Gasteiger partial charge in [-0.3, -0.25) is 4.90 Å². The van der Waals surface area contributed by atoms with E-state index < -0.39 is 5.60 Å². The summed E-state index contributed by atoms with van der Waals surface area (Å²) in [5.74, 6) is 0. The quantitative estimate of drug-likeness (QED) is 0.477. The highest BCUT2D eigenvalue weighted by atomic mass is 127. The van der Waals surface area contributed by atoms with Gasteiger partial charge in [-0.25, -0.2) is 4.79 Å². The number of nitrogens with one attached hydrogen (secondary N) is 1. The van der Waals surface area contributed by atoms with Crippen LogP contribution in [0.15, 0.2) is 0 Å². The highest BCUT2D eigenvalue weighted by Crippen LogP contribution is 2.12. The Morgan fingerprint density at radius 3 is 2.81 bits per heavy atom. The highest BCUT2D eigenvalue weighted by Gasteiger charge is 2.23. The molecule has 5 heteroatoms. The molecular weight excluding hydrogens is 319 g/mol. The van der Waals surface area contributed by atoms with Crippen LogP contribution in [0.3, 0.4) is 0 Å². The minimum Gasteiger partial charge on any atom is -0.444 e. The fourth-order valence-corrected chi connectivity index (χ4v) is 2.38. The average molecular weight is 340 g/mol. The van der Waals surface area contributed by atoms with Crippen molar-refractivity contribution in [2.24, 2.45) is 0 Å². The molecule has 16 heavy (non-hydrogen) atoms. The lowest BCUT2D eigenvalue weighted by molar-refractivity contribution is 0.0478. The number of hydrogen-bond donors (Lipinski definition) is 1. The summed E-state index contributed by atoms with van der Waals surface area (Å²) in [5.41, 5.74) is -0.415. The molecule has 1 rings (SSSR count). The van der Waals surface area contributed by atoms with Crippen molar-refractivity contribution in [1.29, 1.82) is 0 Å². The summed E-state index contributed by atoms with van der Waals surface area (Å²) < 4.78 is 6.26. The van der Waals surface area contributed by atoms with Crippen LogP contribution in [0.2, 0.25) is 0 Å². The van der Waals surface area contributed by atoms with E-state index in [9.17, 15) is 4.79 Å². The van der Waals surface area contributed by atoms with E-state index in [1.807, 2.05) is 20.8 Å². The van der Waals surface area contributed by atoms with E-state index in [1.165, 1.54) is 0 Å². The highest BCUT2D eigenvalue weighted by molar-refractivity contribution is 14.1. The van der Waals surface area contributed by atoms with Crippen LogP contribution in [-0.4, -0.2) is 40.3 Å². The zero-order valence-corrected chi connectivity index (χ0v) is 12.4. The molecule has 1 amide bonds. The van der Waals surface area contributed by atoms with Gasteiger partial charge in [0.25, 0.3) is 0 Å². The molecule has 0 unspecified atom stereocenters. The smallest absolute Gasteiger partial charge is 0.407 e. The lowest BCUT2D eigenvalue weighted by Crippen LogP contribution is -2.48. The average Bonchev–Trinajstić information content (AvgIpc) is 2.15. The molecule has 0 aromatic carbocycles. The fourth-order valence-electron chi connectivity index (χ4n) is 1.76. The molecule has 1 N–H and O–H groups in total. The van der Waals surface area contributed by atoms with Crippen molar-refractivity contribution in [2.45, 2.75) is 45.3 Å². The van der Waals surface area contributed by atoms with Crippen molar-refractivity contribution < 1.29 is 9.53 Å². The third kappa shape index (κ3) is 5.34. The summed E-state index contributed by atoms with van der Waals surface area (Å²) in [7, 11) is 0. The minimum absolute atomic E-state index is 0.235. The predicted molar refractivity (Wildman–Crippen MR) is 72.9 cm³/mol. The third-order valence-corrected chi connectivity index (χ3v) is 3.36. The van der Waals surface area contributed by atoms with Crippen LogP contribution < -0.4 is 5.32 Å². The second-order valence-electron chi connectivity index (χ2n) is 5.18. The van der Waals surface area contributed by atoms with Crippen molar-refractivity contribution in [3.8, 4) is 0 Å². The Morgan fingerprint density at radius 2 is 2.25 bits per heavy atom. The molecule has 0 aromatic rings. The number of rotatable bonds is 2. The van der Waals surface area contributed by atoms with E-state index in [1.54, 1.807) is 0 Å². The minimum atomic E-state index is -0.415. The van der Waals surface area contributed by atoms with E-state index in [0.717, 1.165) is 30.5 Å². The molecule has 0 spiro atoms. The maximum atomic E-state index is 11.6. The summed E-state index contributed by atoms with van der Waals surface area (Å²) in [6.07, 6.45) is 1.89. The van der Waals surface area contributed by atoms with E-state index >= 15 is 0 Å². The van der Waals surface area contributed by atoms with Crippen LogP contribution in [0, 0.1) is 0 Å². The van der Waals surface area contributed by atoms with Gasteiger partial charge in [-0.1, -0.05) is 22.6 Å². The number of alkyl halides is 1. The zero-order chi connectivity index (χ0) is 12.2. The monoisotopic (exact) mass is 340 g/mol. The first-order chi connectivity index (χ1) is 7.40.